The summed E-state index contributed by atoms with van der Waals surface area (Å²) in [4.78, 5) is 0. The molecule has 0 saturated carbocycles. The molecule has 0 fully saturated rings. The lowest BCUT2D eigenvalue weighted by molar-refractivity contribution is 0.00840. The van der Waals surface area contributed by atoms with Gasteiger partial charge < -0.3 is 4.74 Å². The maximum Gasteiger partial charge on any atom is 0.124 e. The van der Waals surface area contributed by atoms with Crippen molar-refractivity contribution in [2.24, 2.45) is 5.92 Å². The molecule has 0 spiro atoms. The Morgan fingerprint density at radius 1 is 1.29 bits per heavy atom. The molecule has 1 aromatic carbocycles. The first-order valence-electron chi connectivity index (χ1n) is 9.60. The van der Waals surface area contributed by atoms with Crippen LogP contribution in [0.5, 0.6) is 5.75 Å². The predicted octanol–water partition coefficient (Wildman–Crippen LogP) is 6.67. The minimum Gasteiger partial charge on any atom is -0.487 e. The average Bonchev–Trinajstić information content (AvgIpc) is 2.53. The van der Waals surface area contributed by atoms with Crippen molar-refractivity contribution in [3.63, 3.8) is 0 Å². The van der Waals surface area contributed by atoms with E-state index in [0.29, 0.717) is 11.8 Å². The molecule has 2 unspecified atom stereocenters. The molecule has 1 aromatic rings. The van der Waals surface area contributed by atoms with Gasteiger partial charge >= 0.3 is 0 Å². The topological polar surface area (TPSA) is 9.23 Å². The van der Waals surface area contributed by atoms with Gasteiger partial charge in [-0.1, -0.05) is 50.1 Å². The molecule has 0 bridgehead atoms. The van der Waals surface area contributed by atoms with E-state index in [0.717, 1.165) is 25.0 Å². The second-order valence-corrected chi connectivity index (χ2v) is 8.17. The van der Waals surface area contributed by atoms with Gasteiger partial charge in [0.05, 0.1) is 0 Å². The third-order valence-electron chi connectivity index (χ3n) is 5.91. The Labute approximate surface area is 147 Å². The Bertz CT molecular complexity index is 650. The highest BCUT2D eigenvalue weighted by Gasteiger charge is 2.45. The molecule has 24 heavy (non-hydrogen) atoms. The molecule has 3 rings (SSSR count). The Kier molecular flexibility index (Phi) is 4.90. The number of allylic oxidation sites excluding steroid dienone is 2. The molecule has 2 atom stereocenters. The van der Waals surface area contributed by atoms with Gasteiger partial charge in [0.2, 0.25) is 0 Å². The minimum absolute atomic E-state index is 0.102. The smallest absolute Gasteiger partial charge is 0.124 e. The monoisotopic (exact) mass is 324 g/mol. The van der Waals surface area contributed by atoms with Gasteiger partial charge in [0.25, 0.3) is 0 Å². The number of rotatable bonds is 5. The highest BCUT2D eigenvalue weighted by Crippen LogP contribution is 2.52. The van der Waals surface area contributed by atoms with Crippen molar-refractivity contribution >= 4 is 6.08 Å². The highest BCUT2D eigenvalue weighted by molar-refractivity contribution is 5.61. The van der Waals surface area contributed by atoms with Crippen LogP contribution in [0.2, 0.25) is 0 Å². The summed E-state index contributed by atoms with van der Waals surface area (Å²) < 4.78 is 6.54. The molecule has 2 aliphatic rings. The fraction of sp³-hybridized carbons (Fsp3) is 0.565. The van der Waals surface area contributed by atoms with E-state index in [1.807, 2.05) is 6.08 Å². The number of benzene rings is 1. The summed E-state index contributed by atoms with van der Waals surface area (Å²) in [5.41, 5.74) is 5.51. The predicted molar refractivity (Wildman–Crippen MR) is 104 cm³/mol. The maximum absolute atomic E-state index is 6.54. The van der Waals surface area contributed by atoms with Crippen molar-refractivity contribution in [1.29, 1.82) is 0 Å². The van der Waals surface area contributed by atoms with Crippen LogP contribution in [-0.2, 0) is 6.42 Å². The van der Waals surface area contributed by atoms with E-state index in [9.17, 15) is 0 Å². The fourth-order valence-corrected chi connectivity index (χ4v) is 4.58. The van der Waals surface area contributed by atoms with Crippen molar-refractivity contribution in [3.05, 3.63) is 47.1 Å². The molecular weight excluding hydrogens is 292 g/mol. The van der Waals surface area contributed by atoms with Gasteiger partial charge in [0.15, 0.2) is 0 Å². The van der Waals surface area contributed by atoms with E-state index in [-0.39, 0.29) is 5.60 Å². The van der Waals surface area contributed by atoms with Crippen LogP contribution in [0.15, 0.2) is 30.4 Å². The van der Waals surface area contributed by atoms with Crippen molar-refractivity contribution in [2.45, 2.75) is 77.7 Å². The van der Waals surface area contributed by atoms with Gasteiger partial charge in [-0.15, -0.1) is 0 Å². The summed E-state index contributed by atoms with van der Waals surface area (Å²) in [7, 11) is 0. The van der Waals surface area contributed by atoms with Crippen LogP contribution in [0.25, 0.3) is 6.08 Å². The van der Waals surface area contributed by atoms with Crippen molar-refractivity contribution in [3.8, 4) is 5.75 Å². The number of fused-ring (bicyclic) bond motifs is 3. The number of hydrogen-bond acceptors (Lipinski definition) is 1. The number of unbranched alkanes of at least 4 members (excludes halogenated alkanes) is 2. The normalized spacial score (nSPS) is 24.4. The van der Waals surface area contributed by atoms with Gasteiger partial charge in [0, 0.05) is 11.5 Å². The van der Waals surface area contributed by atoms with E-state index in [4.69, 9.17) is 4.74 Å². The zero-order valence-corrected chi connectivity index (χ0v) is 15.8. The summed E-state index contributed by atoms with van der Waals surface area (Å²) in [6, 6.07) is 4.66. The van der Waals surface area contributed by atoms with Crippen LogP contribution in [0.4, 0.5) is 0 Å². The van der Waals surface area contributed by atoms with Gasteiger partial charge in [-0.25, -0.2) is 0 Å². The van der Waals surface area contributed by atoms with Crippen molar-refractivity contribution < 1.29 is 4.74 Å². The van der Waals surface area contributed by atoms with E-state index in [2.05, 4.69) is 52.5 Å². The van der Waals surface area contributed by atoms with Crippen LogP contribution < -0.4 is 4.74 Å². The minimum atomic E-state index is -0.102. The van der Waals surface area contributed by atoms with Gasteiger partial charge in [-0.05, 0) is 69.6 Å². The maximum atomic E-state index is 6.54. The van der Waals surface area contributed by atoms with Gasteiger partial charge in [-0.3, -0.25) is 0 Å². The molecular formula is C23H32O. The first-order valence-corrected chi connectivity index (χ1v) is 9.60. The molecule has 0 N–H and O–H groups in total. The lowest BCUT2D eigenvalue weighted by Gasteiger charge is -2.47. The van der Waals surface area contributed by atoms with E-state index in [1.165, 1.54) is 41.5 Å². The van der Waals surface area contributed by atoms with Gasteiger partial charge in [0.1, 0.15) is 11.4 Å². The lowest BCUT2D eigenvalue weighted by atomic mass is 9.66. The van der Waals surface area contributed by atoms with E-state index in [1.54, 1.807) is 0 Å². The Morgan fingerprint density at radius 2 is 2.08 bits per heavy atom. The zero-order valence-electron chi connectivity index (χ0n) is 15.8. The Hall–Kier alpha value is -1.50. The zero-order chi connectivity index (χ0) is 17.3. The molecule has 1 aliphatic heterocycles. The third kappa shape index (κ3) is 3.18. The number of aryl methyl sites for hydroxylation is 1. The number of ether oxygens (including phenoxy) is 1. The van der Waals surface area contributed by atoms with Crippen molar-refractivity contribution in [1.82, 2.24) is 0 Å². The Balaban J connectivity index is 2.02. The quantitative estimate of drug-likeness (QED) is 0.434. The second-order valence-electron chi connectivity index (χ2n) is 8.17. The molecule has 0 radical (unpaired) electrons. The molecule has 0 amide bonds. The summed E-state index contributed by atoms with van der Waals surface area (Å²) in [6.45, 7) is 13.2. The SMILES string of the molecule is C=Cc1cc(CCCCC)cc2c1C1CC(C)=CCC1C(C)(C)O2. The highest BCUT2D eigenvalue weighted by atomic mass is 16.5. The third-order valence-corrected chi connectivity index (χ3v) is 5.91. The molecule has 130 valence electrons. The van der Waals surface area contributed by atoms with Crippen molar-refractivity contribution in [2.75, 3.05) is 0 Å². The first kappa shape index (κ1) is 17.3. The molecule has 0 aromatic heterocycles. The lowest BCUT2D eigenvalue weighted by Crippen LogP contribution is -2.45. The van der Waals surface area contributed by atoms with Crippen LogP contribution in [0, 0.1) is 5.92 Å². The van der Waals surface area contributed by atoms with Crippen LogP contribution >= 0.6 is 0 Å². The number of hydrogen-bond donors (Lipinski definition) is 0. The van der Waals surface area contributed by atoms with Crippen LogP contribution in [0.3, 0.4) is 0 Å². The van der Waals surface area contributed by atoms with E-state index >= 15 is 0 Å². The molecule has 1 nitrogen and oxygen atoms in total. The van der Waals surface area contributed by atoms with E-state index < -0.39 is 0 Å². The van der Waals surface area contributed by atoms with Crippen LogP contribution in [-0.4, -0.2) is 5.60 Å². The summed E-state index contributed by atoms with van der Waals surface area (Å²) >= 11 is 0. The first-order chi connectivity index (χ1) is 11.5. The molecule has 1 heterocycles. The summed E-state index contributed by atoms with van der Waals surface area (Å²) in [5.74, 6) is 2.23. The summed E-state index contributed by atoms with van der Waals surface area (Å²) in [6.07, 6.45) is 11.7. The van der Waals surface area contributed by atoms with Gasteiger partial charge in [-0.2, -0.15) is 0 Å². The molecule has 1 aliphatic carbocycles. The standard InChI is InChI=1S/C23H32O/c1-6-8-9-10-17-14-18(7-2)22-19-13-16(3)11-12-20(19)23(4,5)24-21(22)15-17/h7,11,14-15,19-20H,2,6,8-10,12-13H2,1,3-5H3. The molecule has 1 heteroatoms. The van der Waals surface area contributed by atoms with Crippen LogP contribution in [0.1, 0.15) is 82.4 Å². The molecule has 0 saturated heterocycles. The average molecular weight is 325 g/mol. The summed E-state index contributed by atoms with van der Waals surface area (Å²) in [5, 5.41) is 0. The fourth-order valence-electron chi connectivity index (χ4n) is 4.58. The second kappa shape index (κ2) is 6.78. The largest absolute Gasteiger partial charge is 0.487 e. The Morgan fingerprint density at radius 3 is 2.79 bits per heavy atom.